The van der Waals surface area contributed by atoms with Gasteiger partial charge in [0, 0.05) is 47.0 Å². The molecule has 2 aromatic carbocycles. The molecule has 0 spiro atoms. The van der Waals surface area contributed by atoms with E-state index in [-0.39, 0.29) is 0 Å². The van der Waals surface area contributed by atoms with Gasteiger partial charge in [0.15, 0.2) is 0 Å². The Morgan fingerprint density at radius 3 is 1.41 bits per heavy atom. The second-order valence-electron chi connectivity index (χ2n) is 7.23. The minimum absolute atomic E-state index is 0.774. The molecule has 0 unspecified atom stereocenters. The molecule has 0 radical (unpaired) electrons. The number of hydrogen-bond donors (Lipinski definition) is 0. The van der Waals surface area contributed by atoms with E-state index in [1.165, 1.54) is 23.5 Å². The summed E-state index contributed by atoms with van der Waals surface area (Å²) in [7, 11) is 0. The lowest BCUT2D eigenvalue weighted by atomic mass is 9.98. The minimum atomic E-state index is 0.774. The van der Waals surface area contributed by atoms with Crippen molar-refractivity contribution in [1.29, 1.82) is 0 Å². The van der Waals surface area contributed by atoms with Crippen LogP contribution in [0.2, 0.25) is 0 Å². The van der Waals surface area contributed by atoms with Crippen LogP contribution in [0.25, 0.3) is 33.2 Å². The van der Waals surface area contributed by atoms with Crippen LogP contribution in [0.4, 0.5) is 0 Å². The maximum absolute atomic E-state index is 4.57. The molecule has 8 heteroatoms. The molecular weight excluding hydrogens is 460 g/mol. The van der Waals surface area contributed by atoms with E-state index in [1.807, 2.05) is 48.5 Å². The van der Waals surface area contributed by atoms with Crippen molar-refractivity contribution in [3.63, 3.8) is 0 Å². The maximum atomic E-state index is 4.57. The molecular formula is C26H12N6S2. The third-order valence-electron chi connectivity index (χ3n) is 5.13. The summed E-state index contributed by atoms with van der Waals surface area (Å²) in [6.45, 7) is 0. The zero-order valence-corrected chi connectivity index (χ0v) is 19.1. The molecule has 6 aromatic rings. The van der Waals surface area contributed by atoms with Gasteiger partial charge in [-0.25, -0.2) is 0 Å². The first-order valence-electron chi connectivity index (χ1n) is 10.2. The highest BCUT2D eigenvalue weighted by atomic mass is 32.1. The Balaban J connectivity index is 1.44. The number of nitrogens with zero attached hydrogens (tertiary/aromatic N) is 6. The van der Waals surface area contributed by atoms with Gasteiger partial charge in [0.25, 0.3) is 0 Å². The fourth-order valence-corrected chi connectivity index (χ4v) is 4.67. The number of rotatable bonds is 1. The second kappa shape index (κ2) is 8.80. The average molecular weight is 473 g/mol. The van der Waals surface area contributed by atoms with Crippen LogP contribution in [-0.4, -0.2) is 27.5 Å². The van der Waals surface area contributed by atoms with E-state index in [0.717, 1.165) is 55.4 Å². The summed E-state index contributed by atoms with van der Waals surface area (Å²) < 4.78 is 18.2. The summed E-state index contributed by atoms with van der Waals surface area (Å²) in [5.74, 6) is 12.7. The first kappa shape index (κ1) is 20.1. The molecule has 0 atom stereocenters. The van der Waals surface area contributed by atoms with Crippen LogP contribution in [-0.2, 0) is 0 Å². The Kier molecular flexibility index (Phi) is 5.21. The Morgan fingerprint density at radius 2 is 0.971 bits per heavy atom. The molecule has 4 heterocycles. The molecule has 0 bridgehead atoms. The van der Waals surface area contributed by atoms with Crippen molar-refractivity contribution in [1.82, 2.24) is 27.5 Å². The molecule has 0 amide bonds. The number of hydrogen-bond acceptors (Lipinski definition) is 8. The Bertz CT molecular complexity index is 1630. The van der Waals surface area contributed by atoms with Crippen molar-refractivity contribution in [2.24, 2.45) is 0 Å². The van der Waals surface area contributed by atoms with E-state index < -0.39 is 0 Å². The van der Waals surface area contributed by atoms with Crippen LogP contribution in [0, 0.1) is 23.7 Å². The molecule has 0 aliphatic heterocycles. The Morgan fingerprint density at radius 1 is 0.500 bits per heavy atom. The first-order chi connectivity index (χ1) is 16.9. The highest BCUT2D eigenvalue weighted by molar-refractivity contribution is 7.00. The van der Waals surface area contributed by atoms with Gasteiger partial charge in [-0.15, -0.1) is 0 Å². The average Bonchev–Trinajstić information content (AvgIpc) is 3.58. The zero-order valence-electron chi connectivity index (χ0n) is 17.4. The molecule has 4 aromatic heterocycles. The standard InChI is InChI=1S/C26H12N6S2/c1-3-17(15-27-13-1)5-7-19-9-11-21(25-23(19)29-33-31-25)22-12-10-20(24-26(22)32-34-30-24)8-6-18-4-2-14-28-16-18/h1-4,9-16H. The van der Waals surface area contributed by atoms with Gasteiger partial charge in [-0.3, -0.25) is 9.97 Å². The van der Waals surface area contributed by atoms with Gasteiger partial charge >= 0.3 is 0 Å². The van der Waals surface area contributed by atoms with Crippen molar-refractivity contribution >= 4 is 45.5 Å². The predicted octanol–water partition coefficient (Wildman–Crippen LogP) is 4.95. The lowest BCUT2D eigenvalue weighted by Crippen LogP contribution is -1.89. The smallest absolute Gasteiger partial charge is 0.121 e. The van der Waals surface area contributed by atoms with E-state index in [0.29, 0.717) is 0 Å². The summed E-state index contributed by atoms with van der Waals surface area (Å²) in [5, 5.41) is 0. The molecule has 0 aliphatic rings. The SMILES string of the molecule is C(#Cc1ccc(-c2ccc(C#Cc3cccnc3)c3nsnc23)c2nsnc12)c1cccnc1. The number of benzene rings is 2. The second-order valence-corrected chi connectivity index (χ2v) is 8.28. The third kappa shape index (κ3) is 3.78. The predicted molar refractivity (Wildman–Crippen MR) is 134 cm³/mol. The number of fused-ring (bicyclic) bond motifs is 2. The van der Waals surface area contributed by atoms with Gasteiger partial charge in [-0.1, -0.05) is 35.8 Å². The Labute approximate surface area is 203 Å². The largest absolute Gasteiger partial charge is 0.263 e. The lowest BCUT2D eigenvalue weighted by molar-refractivity contribution is 1.31. The normalized spacial score (nSPS) is 10.5. The molecule has 6 rings (SSSR count). The van der Waals surface area contributed by atoms with E-state index in [1.54, 1.807) is 24.8 Å². The first-order valence-corrected chi connectivity index (χ1v) is 11.7. The fourth-order valence-electron chi connectivity index (χ4n) is 3.52. The minimum Gasteiger partial charge on any atom is -0.263 e. The van der Waals surface area contributed by atoms with Crippen LogP contribution in [0.3, 0.4) is 0 Å². The topological polar surface area (TPSA) is 77.3 Å². The van der Waals surface area contributed by atoms with E-state index >= 15 is 0 Å². The van der Waals surface area contributed by atoms with E-state index in [2.05, 4.69) is 51.1 Å². The van der Waals surface area contributed by atoms with Crippen LogP contribution in [0.1, 0.15) is 22.3 Å². The summed E-state index contributed by atoms with van der Waals surface area (Å²) in [5.41, 5.74) is 8.37. The van der Waals surface area contributed by atoms with Crippen molar-refractivity contribution < 1.29 is 0 Å². The molecule has 0 saturated carbocycles. The quantitative estimate of drug-likeness (QED) is 0.315. The highest BCUT2D eigenvalue weighted by Gasteiger charge is 2.16. The summed E-state index contributed by atoms with van der Waals surface area (Å²) >= 11 is 2.34. The van der Waals surface area contributed by atoms with Gasteiger partial charge in [-0.2, -0.15) is 17.5 Å². The Hall–Kier alpha value is -4.50. The summed E-state index contributed by atoms with van der Waals surface area (Å²) in [6.07, 6.45) is 6.93. The van der Waals surface area contributed by atoms with Crippen molar-refractivity contribution in [2.75, 3.05) is 0 Å². The fraction of sp³-hybridized carbons (Fsp3) is 0. The van der Waals surface area contributed by atoms with Gasteiger partial charge in [0.1, 0.15) is 22.1 Å². The van der Waals surface area contributed by atoms with Gasteiger partial charge in [0.05, 0.1) is 34.6 Å². The van der Waals surface area contributed by atoms with E-state index in [9.17, 15) is 0 Å². The molecule has 0 saturated heterocycles. The maximum Gasteiger partial charge on any atom is 0.121 e. The lowest BCUT2D eigenvalue weighted by Gasteiger charge is -2.05. The van der Waals surface area contributed by atoms with E-state index in [4.69, 9.17) is 0 Å². The molecule has 0 fully saturated rings. The van der Waals surface area contributed by atoms with Crippen LogP contribution >= 0.6 is 23.5 Å². The molecule has 0 aliphatic carbocycles. The van der Waals surface area contributed by atoms with Crippen molar-refractivity contribution in [3.05, 3.63) is 95.6 Å². The molecule has 158 valence electrons. The summed E-state index contributed by atoms with van der Waals surface area (Å²) in [4.78, 5) is 8.22. The van der Waals surface area contributed by atoms with Gasteiger partial charge in [0.2, 0.25) is 0 Å². The monoisotopic (exact) mass is 472 g/mol. The highest BCUT2D eigenvalue weighted by Crippen LogP contribution is 2.34. The van der Waals surface area contributed by atoms with Crippen molar-refractivity contribution in [2.45, 2.75) is 0 Å². The zero-order chi connectivity index (χ0) is 22.7. The molecule has 34 heavy (non-hydrogen) atoms. The number of aromatic nitrogens is 6. The third-order valence-corrected chi connectivity index (χ3v) is 6.18. The van der Waals surface area contributed by atoms with Gasteiger partial charge in [-0.05, 0) is 36.4 Å². The van der Waals surface area contributed by atoms with Crippen LogP contribution < -0.4 is 0 Å². The van der Waals surface area contributed by atoms with Crippen LogP contribution in [0.5, 0.6) is 0 Å². The summed E-state index contributed by atoms with van der Waals surface area (Å²) in [6, 6.07) is 15.6. The molecule has 6 nitrogen and oxygen atoms in total. The number of pyridine rings is 2. The van der Waals surface area contributed by atoms with Gasteiger partial charge < -0.3 is 0 Å². The van der Waals surface area contributed by atoms with Crippen molar-refractivity contribution in [3.8, 4) is 34.8 Å². The molecule has 0 N–H and O–H groups in total. The van der Waals surface area contributed by atoms with Crippen LogP contribution in [0.15, 0.2) is 73.3 Å².